The summed E-state index contributed by atoms with van der Waals surface area (Å²) in [7, 11) is 0. The number of aryl methyl sites for hydroxylation is 1. The first-order valence-corrected chi connectivity index (χ1v) is 8.58. The van der Waals surface area contributed by atoms with Gasteiger partial charge in [0.15, 0.2) is 5.11 Å². The molecular formula is C16H16F2N2OS2. The van der Waals surface area contributed by atoms with Gasteiger partial charge >= 0.3 is 6.61 Å². The Morgan fingerprint density at radius 2 is 2.26 bits per heavy atom. The van der Waals surface area contributed by atoms with Crippen LogP contribution in [0.4, 0.5) is 14.5 Å². The van der Waals surface area contributed by atoms with Crippen LogP contribution in [0.15, 0.2) is 35.7 Å². The number of ether oxygens (including phenoxy) is 1. The molecule has 0 atom stereocenters. The van der Waals surface area contributed by atoms with E-state index in [2.05, 4.69) is 16.1 Å². The lowest BCUT2D eigenvalue weighted by atomic mass is 10.0. The Morgan fingerprint density at radius 3 is 3.00 bits per heavy atom. The average Bonchev–Trinajstić information content (AvgIpc) is 3.04. The Labute approximate surface area is 142 Å². The number of halogens is 2. The lowest BCUT2D eigenvalue weighted by Crippen LogP contribution is -2.42. The normalized spacial score (nSPS) is 13.8. The van der Waals surface area contributed by atoms with E-state index in [1.807, 2.05) is 16.3 Å². The van der Waals surface area contributed by atoms with Gasteiger partial charge in [0.05, 0.1) is 6.54 Å². The first-order chi connectivity index (χ1) is 11.1. The molecule has 122 valence electrons. The van der Waals surface area contributed by atoms with E-state index in [1.165, 1.54) is 4.88 Å². The average molecular weight is 354 g/mol. The molecular weight excluding hydrogens is 338 g/mol. The molecule has 0 saturated heterocycles. The smallest absolute Gasteiger partial charge is 0.387 e. The number of fused-ring (bicyclic) bond motifs is 1. The maximum Gasteiger partial charge on any atom is 0.387 e. The van der Waals surface area contributed by atoms with Crippen LogP contribution in [0.25, 0.3) is 0 Å². The van der Waals surface area contributed by atoms with Crippen molar-refractivity contribution >= 4 is 34.4 Å². The van der Waals surface area contributed by atoms with Crippen LogP contribution < -0.4 is 15.0 Å². The highest BCUT2D eigenvalue weighted by Crippen LogP contribution is 2.31. The Hall–Kier alpha value is -1.73. The van der Waals surface area contributed by atoms with E-state index in [0.29, 0.717) is 11.7 Å². The van der Waals surface area contributed by atoms with E-state index in [1.54, 1.807) is 29.5 Å². The van der Waals surface area contributed by atoms with Crippen molar-refractivity contribution in [2.24, 2.45) is 0 Å². The molecule has 2 heterocycles. The van der Waals surface area contributed by atoms with Crippen LogP contribution in [0.2, 0.25) is 0 Å². The van der Waals surface area contributed by atoms with E-state index in [-0.39, 0.29) is 5.75 Å². The topological polar surface area (TPSA) is 24.5 Å². The number of hydrogen-bond donors (Lipinski definition) is 1. The molecule has 2 aromatic rings. The molecule has 0 aliphatic carbocycles. The summed E-state index contributed by atoms with van der Waals surface area (Å²) in [6, 6.07) is 9.09. The second-order valence-corrected chi connectivity index (χ2v) is 6.58. The van der Waals surface area contributed by atoms with E-state index in [9.17, 15) is 8.78 Å². The minimum Gasteiger partial charge on any atom is -0.435 e. The summed E-state index contributed by atoms with van der Waals surface area (Å²) in [5, 5.41) is 5.94. The van der Waals surface area contributed by atoms with Gasteiger partial charge in [-0.05, 0) is 60.3 Å². The molecule has 0 radical (unpaired) electrons. The highest BCUT2D eigenvalue weighted by atomic mass is 32.1. The van der Waals surface area contributed by atoms with Crippen LogP contribution in [0.3, 0.4) is 0 Å². The lowest BCUT2D eigenvalue weighted by Gasteiger charge is -2.32. The SMILES string of the molecule is FC(F)Oc1ccc2c(c1)CCCN2C(=S)NCc1cccs1. The Morgan fingerprint density at radius 1 is 1.39 bits per heavy atom. The largest absolute Gasteiger partial charge is 0.435 e. The predicted octanol–water partition coefficient (Wildman–Crippen LogP) is 4.18. The van der Waals surface area contributed by atoms with E-state index in [4.69, 9.17) is 12.2 Å². The molecule has 0 fully saturated rings. The van der Waals surface area contributed by atoms with Crippen molar-refractivity contribution in [1.82, 2.24) is 5.32 Å². The van der Waals surface area contributed by atoms with Gasteiger partial charge in [-0.25, -0.2) is 0 Å². The second kappa shape index (κ2) is 7.23. The van der Waals surface area contributed by atoms with Crippen LogP contribution in [-0.2, 0) is 13.0 Å². The molecule has 3 nitrogen and oxygen atoms in total. The van der Waals surface area contributed by atoms with Gasteiger partial charge in [0.1, 0.15) is 5.75 Å². The molecule has 1 aromatic carbocycles. The summed E-state index contributed by atoms with van der Waals surface area (Å²) in [6.45, 7) is -1.30. The zero-order valence-corrected chi connectivity index (χ0v) is 13.9. The molecule has 1 aromatic heterocycles. The molecule has 1 aliphatic rings. The number of thiocarbonyl (C=S) groups is 1. The number of anilines is 1. The first kappa shape index (κ1) is 16.1. The summed E-state index contributed by atoms with van der Waals surface area (Å²) in [6.07, 6.45) is 1.76. The summed E-state index contributed by atoms with van der Waals surface area (Å²) in [4.78, 5) is 3.23. The zero-order valence-electron chi connectivity index (χ0n) is 12.3. The quantitative estimate of drug-likeness (QED) is 0.833. The molecule has 1 N–H and O–H groups in total. The number of alkyl halides is 2. The molecule has 0 bridgehead atoms. The third-order valence-electron chi connectivity index (χ3n) is 3.63. The molecule has 0 spiro atoms. The van der Waals surface area contributed by atoms with Crippen LogP contribution in [-0.4, -0.2) is 18.3 Å². The van der Waals surface area contributed by atoms with E-state index >= 15 is 0 Å². The molecule has 3 rings (SSSR count). The van der Waals surface area contributed by atoms with Gasteiger partial charge in [-0.15, -0.1) is 11.3 Å². The highest BCUT2D eigenvalue weighted by Gasteiger charge is 2.21. The summed E-state index contributed by atoms with van der Waals surface area (Å²) in [5.41, 5.74) is 1.94. The summed E-state index contributed by atoms with van der Waals surface area (Å²) < 4.78 is 29.1. The first-order valence-electron chi connectivity index (χ1n) is 7.29. The number of benzene rings is 1. The van der Waals surface area contributed by atoms with Crippen LogP contribution in [0, 0.1) is 0 Å². The minimum absolute atomic E-state index is 0.193. The van der Waals surface area contributed by atoms with Crippen LogP contribution in [0.1, 0.15) is 16.9 Å². The Kier molecular flexibility index (Phi) is 5.07. The van der Waals surface area contributed by atoms with Gasteiger partial charge in [0.25, 0.3) is 0 Å². The molecule has 0 saturated carbocycles. The third-order valence-corrected chi connectivity index (χ3v) is 4.87. The van der Waals surface area contributed by atoms with Crippen molar-refractivity contribution in [3.8, 4) is 5.75 Å². The van der Waals surface area contributed by atoms with Crippen molar-refractivity contribution in [3.63, 3.8) is 0 Å². The van der Waals surface area contributed by atoms with Crippen molar-refractivity contribution in [2.75, 3.05) is 11.4 Å². The fourth-order valence-electron chi connectivity index (χ4n) is 2.63. The molecule has 0 unspecified atom stereocenters. The van der Waals surface area contributed by atoms with Gasteiger partial charge in [0, 0.05) is 17.1 Å². The highest BCUT2D eigenvalue weighted by molar-refractivity contribution is 7.80. The van der Waals surface area contributed by atoms with Gasteiger partial charge in [-0.2, -0.15) is 8.78 Å². The third kappa shape index (κ3) is 3.97. The van der Waals surface area contributed by atoms with Gasteiger partial charge in [0.2, 0.25) is 0 Å². The Bertz CT molecular complexity index is 677. The fraction of sp³-hybridized carbons (Fsp3) is 0.312. The van der Waals surface area contributed by atoms with E-state index in [0.717, 1.165) is 30.6 Å². The number of rotatable bonds is 4. The van der Waals surface area contributed by atoms with Crippen molar-refractivity contribution in [2.45, 2.75) is 26.0 Å². The van der Waals surface area contributed by atoms with Crippen molar-refractivity contribution < 1.29 is 13.5 Å². The van der Waals surface area contributed by atoms with Crippen LogP contribution >= 0.6 is 23.6 Å². The van der Waals surface area contributed by atoms with Crippen molar-refractivity contribution in [3.05, 3.63) is 46.2 Å². The molecule has 0 amide bonds. The maximum absolute atomic E-state index is 12.3. The predicted molar refractivity (Wildman–Crippen MR) is 92.5 cm³/mol. The number of hydrogen-bond acceptors (Lipinski definition) is 3. The molecule has 23 heavy (non-hydrogen) atoms. The number of nitrogens with one attached hydrogen (secondary N) is 1. The number of thiophene rings is 1. The van der Waals surface area contributed by atoms with E-state index < -0.39 is 6.61 Å². The van der Waals surface area contributed by atoms with Gasteiger partial charge in [-0.1, -0.05) is 6.07 Å². The fourth-order valence-corrected chi connectivity index (χ4v) is 3.54. The van der Waals surface area contributed by atoms with Gasteiger partial charge in [-0.3, -0.25) is 0 Å². The number of nitrogens with zero attached hydrogens (tertiary/aromatic N) is 1. The summed E-state index contributed by atoms with van der Waals surface area (Å²) >= 11 is 7.17. The van der Waals surface area contributed by atoms with Crippen molar-refractivity contribution in [1.29, 1.82) is 0 Å². The molecule has 7 heteroatoms. The lowest BCUT2D eigenvalue weighted by molar-refractivity contribution is -0.0498. The zero-order chi connectivity index (χ0) is 16.2. The molecule has 1 aliphatic heterocycles. The summed E-state index contributed by atoms with van der Waals surface area (Å²) in [5.74, 6) is 0.193. The Balaban J connectivity index is 1.71. The standard InChI is InChI=1S/C16H16F2N2OS2/c17-15(18)21-12-5-6-14-11(9-12)3-1-7-20(14)16(22)19-10-13-4-2-8-23-13/h2,4-6,8-9,15H,1,3,7,10H2,(H,19,22). The van der Waals surface area contributed by atoms with Gasteiger partial charge < -0.3 is 15.0 Å². The monoisotopic (exact) mass is 354 g/mol. The maximum atomic E-state index is 12.3. The minimum atomic E-state index is -2.80. The van der Waals surface area contributed by atoms with Crippen LogP contribution in [0.5, 0.6) is 5.75 Å². The second-order valence-electron chi connectivity index (χ2n) is 5.16.